The Morgan fingerprint density at radius 1 is 1.21 bits per heavy atom. The van der Waals surface area contributed by atoms with Crippen LogP contribution in [0.5, 0.6) is 11.5 Å². The Bertz CT molecular complexity index is 955. The first-order chi connectivity index (χ1) is 13.4. The second-order valence-electron chi connectivity index (χ2n) is 8.06. The van der Waals surface area contributed by atoms with Crippen LogP contribution in [0.15, 0.2) is 29.1 Å². The van der Waals surface area contributed by atoms with Gasteiger partial charge in [-0.1, -0.05) is 13.0 Å². The molecule has 1 aromatic carbocycles. The molecule has 0 saturated carbocycles. The zero-order valence-corrected chi connectivity index (χ0v) is 16.3. The van der Waals surface area contributed by atoms with Crippen molar-refractivity contribution in [3.63, 3.8) is 0 Å². The van der Waals surface area contributed by atoms with E-state index in [1.807, 2.05) is 17.0 Å². The number of benzene rings is 1. The highest BCUT2D eigenvalue weighted by Gasteiger charge is 2.35. The first kappa shape index (κ1) is 18.5. The highest BCUT2D eigenvalue weighted by molar-refractivity contribution is 5.77. The molecule has 1 saturated heterocycles. The van der Waals surface area contributed by atoms with Crippen LogP contribution in [0.4, 0.5) is 0 Å². The van der Waals surface area contributed by atoms with E-state index in [0.29, 0.717) is 31.8 Å². The first-order valence-corrected chi connectivity index (χ1v) is 9.63. The maximum absolute atomic E-state index is 12.4. The largest absolute Gasteiger partial charge is 0.454 e. The summed E-state index contributed by atoms with van der Waals surface area (Å²) in [5, 5.41) is 0. The lowest BCUT2D eigenvalue weighted by Gasteiger charge is -2.40. The molecular weight excluding hydrogens is 358 g/mol. The number of aromatic amines is 1. The quantitative estimate of drug-likeness (QED) is 0.856. The molecule has 4 rings (SSSR count). The van der Waals surface area contributed by atoms with Crippen LogP contribution in [0.2, 0.25) is 0 Å². The molecule has 3 heterocycles. The van der Waals surface area contributed by atoms with Gasteiger partial charge in [-0.2, -0.15) is 0 Å². The number of fused-ring (bicyclic) bond motifs is 1. The van der Waals surface area contributed by atoms with Crippen molar-refractivity contribution in [1.82, 2.24) is 14.9 Å². The van der Waals surface area contributed by atoms with Crippen molar-refractivity contribution in [3.05, 3.63) is 51.7 Å². The van der Waals surface area contributed by atoms with Gasteiger partial charge in [0.25, 0.3) is 5.56 Å². The summed E-state index contributed by atoms with van der Waals surface area (Å²) in [5.41, 5.74) is 1.75. The summed E-state index contributed by atoms with van der Waals surface area (Å²) >= 11 is 0. The number of H-pyrrole nitrogens is 1. The molecule has 0 radical (unpaired) electrons. The average molecular weight is 383 g/mol. The molecular formula is C21H25N3O4. The Morgan fingerprint density at radius 2 is 2.04 bits per heavy atom. The summed E-state index contributed by atoms with van der Waals surface area (Å²) in [5.74, 6) is 2.35. The fraction of sp³-hybridized carbons (Fsp3) is 0.476. The second-order valence-corrected chi connectivity index (χ2v) is 8.06. The topological polar surface area (TPSA) is 84.5 Å². The van der Waals surface area contributed by atoms with Gasteiger partial charge in [0.05, 0.1) is 0 Å². The molecule has 0 bridgehead atoms. The fourth-order valence-electron chi connectivity index (χ4n) is 4.11. The molecule has 1 aromatic heterocycles. The van der Waals surface area contributed by atoms with Crippen LogP contribution >= 0.6 is 0 Å². The van der Waals surface area contributed by atoms with E-state index in [1.54, 1.807) is 6.92 Å². The number of nitrogens with one attached hydrogen (secondary N) is 1. The van der Waals surface area contributed by atoms with Gasteiger partial charge in [0, 0.05) is 37.7 Å². The fourth-order valence-corrected chi connectivity index (χ4v) is 4.11. The normalized spacial score (nSPS) is 21.2. The lowest BCUT2D eigenvalue weighted by Crippen LogP contribution is -2.47. The van der Waals surface area contributed by atoms with Crippen molar-refractivity contribution in [2.24, 2.45) is 5.41 Å². The zero-order valence-electron chi connectivity index (χ0n) is 16.3. The number of rotatable bonds is 5. The van der Waals surface area contributed by atoms with Gasteiger partial charge in [-0.3, -0.25) is 9.59 Å². The van der Waals surface area contributed by atoms with Gasteiger partial charge in [-0.25, -0.2) is 4.98 Å². The van der Waals surface area contributed by atoms with Gasteiger partial charge in [-0.15, -0.1) is 0 Å². The molecule has 2 aliphatic rings. The third-order valence-corrected chi connectivity index (χ3v) is 5.49. The zero-order chi connectivity index (χ0) is 19.7. The van der Waals surface area contributed by atoms with E-state index < -0.39 is 0 Å². The lowest BCUT2D eigenvalue weighted by atomic mass is 9.76. The molecule has 148 valence electrons. The molecule has 0 aliphatic carbocycles. The highest BCUT2D eigenvalue weighted by Crippen LogP contribution is 2.37. The Hall–Kier alpha value is -2.83. The highest BCUT2D eigenvalue weighted by atomic mass is 16.7. The monoisotopic (exact) mass is 383 g/mol. The Labute approximate surface area is 163 Å². The number of hydrogen-bond donors (Lipinski definition) is 1. The van der Waals surface area contributed by atoms with Crippen molar-refractivity contribution in [1.29, 1.82) is 0 Å². The number of carbonyl (C=O) groups is 1. The van der Waals surface area contributed by atoms with E-state index in [0.717, 1.165) is 30.0 Å². The van der Waals surface area contributed by atoms with E-state index in [4.69, 9.17) is 9.47 Å². The van der Waals surface area contributed by atoms with Gasteiger partial charge in [0.1, 0.15) is 5.82 Å². The van der Waals surface area contributed by atoms with Gasteiger partial charge in [-0.05, 0) is 42.9 Å². The van der Waals surface area contributed by atoms with Gasteiger partial charge < -0.3 is 19.4 Å². The third kappa shape index (κ3) is 4.03. The minimum atomic E-state index is -0.153. The minimum absolute atomic E-state index is 0.000880. The summed E-state index contributed by atoms with van der Waals surface area (Å²) in [7, 11) is 0. The molecule has 2 aromatic rings. The number of hydrogen-bond acceptors (Lipinski definition) is 5. The Balaban J connectivity index is 1.43. The smallest absolute Gasteiger partial charge is 0.251 e. The van der Waals surface area contributed by atoms with E-state index in [9.17, 15) is 9.59 Å². The SMILES string of the molecule is Cc1nc(CCN2C[C@](C)(Cc3ccc4c(c3)OCO4)CCC2=O)cc(=O)[nH]1. The molecule has 2 aliphatic heterocycles. The van der Waals surface area contributed by atoms with Crippen molar-refractivity contribution in [2.45, 2.75) is 39.5 Å². The number of piperidine rings is 1. The summed E-state index contributed by atoms with van der Waals surface area (Å²) in [6.45, 7) is 5.54. The summed E-state index contributed by atoms with van der Waals surface area (Å²) in [4.78, 5) is 33.0. The van der Waals surface area contributed by atoms with Crippen molar-refractivity contribution < 1.29 is 14.3 Å². The number of ether oxygens (including phenoxy) is 2. The molecule has 7 heteroatoms. The van der Waals surface area contributed by atoms with Gasteiger partial charge in [0.15, 0.2) is 11.5 Å². The third-order valence-electron chi connectivity index (χ3n) is 5.49. The van der Waals surface area contributed by atoms with Crippen LogP contribution < -0.4 is 15.0 Å². The van der Waals surface area contributed by atoms with E-state index in [1.165, 1.54) is 11.6 Å². The summed E-state index contributed by atoms with van der Waals surface area (Å²) in [6, 6.07) is 7.57. The maximum atomic E-state index is 12.4. The van der Waals surface area contributed by atoms with Crippen LogP contribution in [0.3, 0.4) is 0 Å². The predicted molar refractivity (Wildman–Crippen MR) is 103 cm³/mol. The van der Waals surface area contributed by atoms with Crippen LogP contribution in [0, 0.1) is 12.3 Å². The van der Waals surface area contributed by atoms with Crippen molar-refractivity contribution >= 4 is 5.91 Å². The Kier molecular flexibility index (Phi) is 4.83. The van der Waals surface area contributed by atoms with Crippen molar-refractivity contribution in [2.75, 3.05) is 19.9 Å². The lowest BCUT2D eigenvalue weighted by molar-refractivity contribution is -0.137. The van der Waals surface area contributed by atoms with Crippen LogP contribution in [0.1, 0.15) is 36.8 Å². The first-order valence-electron chi connectivity index (χ1n) is 9.63. The average Bonchev–Trinajstić information content (AvgIpc) is 3.10. The predicted octanol–water partition coefficient (Wildman–Crippen LogP) is 2.22. The van der Waals surface area contributed by atoms with Crippen LogP contribution in [0.25, 0.3) is 0 Å². The maximum Gasteiger partial charge on any atom is 0.251 e. The second kappa shape index (κ2) is 7.30. The molecule has 1 amide bonds. The van der Waals surface area contributed by atoms with Gasteiger partial charge in [0.2, 0.25) is 12.7 Å². The molecule has 0 unspecified atom stereocenters. The number of amides is 1. The summed E-state index contributed by atoms with van der Waals surface area (Å²) in [6.07, 6.45) is 2.86. The molecule has 1 N–H and O–H groups in total. The van der Waals surface area contributed by atoms with E-state index in [-0.39, 0.29) is 23.7 Å². The number of nitrogens with zero attached hydrogens (tertiary/aromatic N) is 2. The molecule has 1 atom stereocenters. The van der Waals surface area contributed by atoms with E-state index >= 15 is 0 Å². The molecule has 0 spiro atoms. The number of aromatic nitrogens is 2. The Morgan fingerprint density at radius 3 is 2.86 bits per heavy atom. The molecule has 1 fully saturated rings. The van der Waals surface area contributed by atoms with Crippen molar-refractivity contribution in [3.8, 4) is 11.5 Å². The van der Waals surface area contributed by atoms with Gasteiger partial charge >= 0.3 is 0 Å². The summed E-state index contributed by atoms with van der Waals surface area (Å²) < 4.78 is 10.9. The van der Waals surface area contributed by atoms with Crippen LogP contribution in [-0.2, 0) is 17.6 Å². The van der Waals surface area contributed by atoms with E-state index in [2.05, 4.69) is 23.0 Å². The molecule has 7 nitrogen and oxygen atoms in total. The standard InChI is InChI=1S/C21H25N3O4/c1-14-22-16(10-19(25)23-14)6-8-24-12-21(2,7-5-20(24)26)11-15-3-4-17-18(9-15)28-13-27-17/h3-4,9-10H,5-8,11-13H2,1-2H3,(H,22,23,25)/t21-/m0/s1. The minimum Gasteiger partial charge on any atom is -0.454 e. The molecule has 28 heavy (non-hydrogen) atoms. The number of likely N-dealkylation sites (tertiary alicyclic amines) is 1. The van der Waals surface area contributed by atoms with Crippen LogP contribution in [-0.4, -0.2) is 40.7 Å². The number of aryl methyl sites for hydroxylation is 1. The number of carbonyl (C=O) groups excluding carboxylic acids is 1.